The molecule has 1 aromatic rings. The fraction of sp³-hybridized carbons (Fsp3) is 0.500. The Kier molecular flexibility index (Phi) is 2.85. The van der Waals surface area contributed by atoms with E-state index in [0.29, 0.717) is 0 Å². The SMILES string of the molecule is CC(CO)OC1Cc2ccccc2C1. The van der Waals surface area contributed by atoms with Crippen molar-refractivity contribution in [2.45, 2.75) is 32.0 Å². The maximum Gasteiger partial charge on any atom is 0.0781 e. The Morgan fingerprint density at radius 2 is 1.93 bits per heavy atom. The molecule has 0 aromatic heterocycles. The van der Waals surface area contributed by atoms with E-state index >= 15 is 0 Å². The van der Waals surface area contributed by atoms with Crippen LogP contribution in [-0.4, -0.2) is 23.9 Å². The van der Waals surface area contributed by atoms with Gasteiger partial charge in [-0.1, -0.05) is 24.3 Å². The Bertz CT molecular complexity index is 284. The summed E-state index contributed by atoms with van der Waals surface area (Å²) >= 11 is 0. The summed E-state index contributed by atoms with van der Waals surface area (Å²) in [6, 6.07) is 8.44. The van der Waals surface area contributed by atoms with E-state index in [1.54, 1.807) is 0 Å². The van der Waals surface area contributed by atoms with Crippen LogP contribution in [-0.2, 0) is 17.6 Å². The first-order valence-corrected chi connectivity index (χ1v) is 5.12. The van der Waals surface area contributed by atoms with Crippen LogP contribution in [0.1, 0.15) is 18.1 Å². The van der Waals surface area contributed by atoms with Gasteiger partial charge in [0.1, 0.15) is 0 Å². The van der Waals surface area contributed by atoms with Gasteiger partial charge in [0.15, 0.2) is 0 Å². The first-order chi connectivity index (χ1) is 6.79. The molecule has 0 fully saturated rings. The van der Waals surface area contributed by atoms with Crippen LogP contribution in [0.25, 0.3) is 0 Å². The van der Waals surface area contributed by atoms with Gasteiger partial charge in [-0.15, -0.1) is 0 Å². The van der Waals surface area contributed by atoms with Crippen molar-refractivity contribution in [3.63, 3.8) is 0 Å². The van der Waals surface area contributed by atoms with E-state index in [1.807, 2.05) is 6.92 Å². The quantitative estimate of drug-likeness (QED) is 0.787. The van der Waals surface area contributed by atoms with Crippen LogP contribution in [0.4, 0.5) is 0 Å². The molecule has 0 amide bonds. The molecule has 1 aliphatic carbocycles. The van der Waals surface area contributed by atoms with Gasteiger partial charge in [-0.3, -0.25) is 0 Å². The molecular formula is C12H16O2. The van der Waals surface area contributed by atoms with E-state index in [2.05, 4.69) is 24.3 Å². The molecule has 1 unspecified atom stereocenters. The molecule has 0 spiro atoms. The minimum Gasteiger partial charge on any atom is -0.394 e. The second-order valence-corrected chi connectivity index (χ2v) is 3.93. The van der Waals surface area contributed by atoms with E-state index < -0.39 is 0 Å². The number of fused-ring (bicyclic) bond motifs is 1. The molecule has 1 N–H and O–H groups in total. The van der Waals surface area contributed by atoms with Crippen LogP contribution < -0.4 is 0 Å². The third-order valence-corrected chi connectivity index (χ3v) is 2.70. The molecule has 1 aliphatic rings. The minimum atomic E-state index is -0.0469. The Balaban J connectivity index is 1.98. The van der Waals surface area contributed by atoms with E-state index in [-0.39, 0.29) is 18.8 Å². The molecule has 1 atom stereocenters. The predicted molar refractivity (Wildman–Crippen MR) is 55.3 cm³/mol. The Hall–Kier alpha value is -0.860. The Morgan fingerprint density at radius 1 is 1.36 bits per heavy atom. The number of ether oxygens (including phenoxy) is 1. The molecular weight excluding hydrogens is 176 g/mol. The van der Waals surface area contributed by atoms with Crippen LogP contribution in [0.3, 0.4) is 0 Å². The van der Waals surface area contributed by atoms with Gasteiger partial charge in [0.25, 0.3) is 0 Å². The Morgan fingerprint density at radius 3 is 2.43 bits per heavy atom. The van der Waals surface area contributed by atoms with Crippen molar-refractivity contribution in [2.75, 3.05) is 6.61 Å². The number of rotatable bonds is 3. The van der Waals surface area contributed by atoms with Crippen molar-refractivity contribution >= 4 is 0 Å². The van der Waals surface area contributed by atoms with Gasteiger partial charge in [-0.25, -0.2) is 0 Å². The highest BCUT2D eigenvalue weighted by Gasteiger charge is 2.22. The average molecular weight is 192 g/mol. The van der Waals surface area contributed by atoms with Gasteiger partial charge in [-0.05, 0) is 30.9 Å². The molecule has 0 saturated carbocycles. The molecule has 0 heterocycles. The van der Waals surface area contributed by atoms with Crippen molar-refractivity contribution < 1.29 is 9.84 Å². The second-order valence-electron chi connectivity index (χ2n) is 3.93. The summed E-state index contributed by atoms with van der Waals surface area (Å²) in [5, 5.41) is 8.89. The van der Waals surface area contributed by atoms with Crippen molar-refractivity contribution in [2.24, 2.45) is 0 Å². The van der Waals surface area contributed by atoms with Crippen LogP contribution in [0.2, 0.25) is 0 Å². The van der Waals surface area contributed by atoms with Crippen LogP contribution >= 0.6 is 0 Å². The van der Waals surface area contributed by atoms with Crippen molar-refractivity contribution in [3.8, 4) is 0 Å². The number of hydrogen-bond donors (Lipinski definition) is 1. The second kappa shape index (κ2) is 4.11. The van der Waals surface area contributed by atoms with Gasteiger partial charge < -0.3 is 9.84 Å². The van der Waals surface area contributed by atoms with Crippen LogP contribution in [0, 0.1) is 0 Å². The smallest absolute Gasteiger partial charge is 0.0781 e. The minimum absolute atomic E-state index is 0.0469. The normalized spacial score (nSPS) is 18.1. The van der Waals surface area contributed by atoms with E-state index in [1.165, 1.54) is 11.1 Å². The molecule has 0 aliphatic heterocycles. The van der Waals surface area contributed by atoms with Gasteiger partial charge >= 0.3 is 0 Å². The number of aliphatic hydroxyl groups is 1. The number of aliphatic hydroxyl groups excluding tert-OH is 1. The third-order valence-electron chi connectivity index (χ3n) is 2.70. The first kappa shape index (κ1) is 9.69. The lowest BCUT2D eigenvalue weighted by atomic mass is 10.1. The van der Waals surface area contributed by atoms with E-state index in [0.717, 1.165) is 12.8 Å². The van der Waals surface area contributed by atoms with Gasteiger partial charge in [0.2, 0.25) is 0 Å². The lowest BCUT2D eigenvalue weighted by Gasteiger charge is -2.15. The highest BCUT2D eigenvalue weighted by Crippen LogP contribution is 2.24. The van der Waals surface area contributed by atoms with Gasteiger partial charge in [0.05, 0.1) is 18.8 Å². The fourth-order valence-electron chi connectivity index (χ4n) is 1.99. The molecule has 0 saturated heterocycles. The van der Waals surface area contributed by atoms with Crippen LogP contribution in [0.5, 0.6) is 0 Å². The lowest BCUT2D eigenvalue weighted by molar-refractivity contribution is -0.0238. The standard InChI is InChI=1S/C12H16O2/c1-9(8-13)14-12-6-10-4-2-3-5-11(10)7-12/h2-5,9,12-13H,6-8H2,1H3. The fourth-order valence-corrected chi connectivity index (χ4v) is 1.99. The van der Waals surface area contributed by atoms with E-state index in [4.69, 9.17) is 9.84 Å². The summed E-state index contributed by atoms with van der Waals surface area (Å²) < 4.78 is 5.69. The third kappa shape index (κ3) is 1.97. The molecule has 2 nitrogen and oxygen atoms in total. The van der Waals surface area contributed by atoms with Gasteiger partial charge in [-0.2, -0.15) is 0 Å². The molecule has 14 heavy (non-hydrogen) atoms. The molecule has 76 valence electrons. The highest BCUT2D eigenvalue weighted by atomic mass is 16.5. The summed E-state index contributed by atoms with van der Waals surface area (Å²) in [7, 11) is 0. The average Bonchev–Trinajstić information content (AvgIpc) is 2.59. The molecule has 0 bridgehead atoms. The number of benzene rings is 1. The highest BCUT2D eigenvalue weighted by molar-refractivity contribution is 5.32. The molecule has 0 radical (unpaired) electrons. The van der Waals surface area contributed by atoms with Gasteiger partial charge in [0, 0.05) is 0 Å². The summed E-state index contributed by atoms with van der Waals surface area (Å²) in [5.41, 5.74) is 2.78. The summed E-state index contributed by atoms with van der Waals surface area (Å²) in [6.07, 6.45) is 2.19. The largest absolute Gasteiger partial charge is 0.394 e. The summed E-state index contributed by atoms with van der Waals surface area (Å²) in [4.78, 5) is 0. The van der Waals surface area contributed by atoms with Crippen molar-refractivity contribution in [1.29, 1.82) is 0 Å². The van der Waals surface area contributed by atoms with E-state index in [9.17, 15) is 0 Å². The molecule has 1 aromatic carbocycles. The zero-order valence-corrected chi connectivity index (χ0v) is 8.44. The van der Waals surface area contributed by atoms with Crippen molar-refractivity contribution in [1.82, 2.24) is 0 Å². The maximum absolute atomic E-state index is 8.89. The predicted octanol–water partition coefficient (Wildman–Crippen LogP) is 1.55. The number of hydrogen-bond acceptors (Lipinski definition) is 2. The Labute approximate surface area is 84.5 Å². The lowest BCUT2D eigenvalue weighted by Crippen LogP contribution is -2.22. The summed E-state index contributed by atoms with van der Waals surface area (Å²) in [6.45, 7) is 2.01. The molecule has 2 rings (SSSR count). The maximum atomic E-state index is 8.89. The zero-order valence-electron chi connectivity index (χ0n) is 8.44. The van der Waals surface area contributed by atoms with Crippen molar-refractivity contribution in [3.05, 3.63) is 35.4 Å². The topological polar surface area (TPSA) is 29.5 Å². The zero-order chi connectivity index (χ0) is 9.97. The monoisotopic (exact) mass is 192 g/mol. The van der Waals surface area contributed by atoms with Crippen LogP contribution in [0.15, 0.2) is 24.3 Å². The molecule has 2 heteroatoms. The summed E-state index contributed by atoms with van der Waals surface area (Å²) in [5.74, 6) is 0. The first-order valence-electron chi connectivity index (χ1n) is 5.12.